The Balaban J connectivity index is 1.81. The van der Waals surface area contributed by atoms with Crippen molar-refractivity contribution in [2.24, 2.45) is 0 Å². The van der Waals surface area contributed by atoms with Crippen LogP contribution < -0.4 is 9.62 Å². The lowest BCUT2D eigenvalue weighted by atomic mass is 10.0. The summed E-state index contributed by atoms with van der Waals surface area (Å²) in [6.45, 7) is 5.01. The molecule has 0 aliphatic rings. The summed E-state index contributed by atoms with van der Waals surface area (Å²) in [6.07, 6.45) is 0.212. The first-order chi connectivity index (χ1) is 21.0. The fraction of sp³-hybridized carbons (Fsp3) is 0.235. The van der Waals surface area contributed by atoms with Crippen molar-refractivity contribution < 1.29 is 18.0 Å². The third-order valence-electron chi connectivity index (χ3n) is 7.00. The van der Waals surface area contributed by atoms with E-state index in [0.717, 1.165) is 15.4 Å². The molecular formula is C34H35Cl2N3O4S. The molecule has 0 heterocycles. The van der Waals surface area contributed by atoms with E-state index in [0.29, 0.717) is 21.3 Å². The van der Waals surface area contributed by atoms with Gasteiger partial charge in [0, 0.05) is 29.1 Å². The molecule has 1 atom stereocenters. The highest BCUT2D eigenvalue weighted by Crippen LogP contribution is 2.27. The van der Waals surface area contributed by atoms with Crippen LogP contribution >= 0.6 is 23.2 Å². The van der Waals surface area contributed by atoms with Crippen molar-refractivity contribution in [3.8, 4) is 0 Å². The summed E-state index contributed by atoms with van der Waals surface area (Å²) >= 11 is 12.6. The maximum Gasteiger partial charge on any atom is 0.264 e. The van der Waals surface area contributed by atoms with Gasteiger partial charge in [0.25, 0.3) is 10.0 Å². The van der Waals surface area contributed by atoms with Crippen LogP contribution in [0.5, 0.6) is 0 Å². The number of nitrogens with zero attached hydrogens (tertiary/aromatic N) is 2. The van der Waals surface area contributed by atoms with Gasteiger partial charge in [0.15, 0.2) is 0 Å². The summed E-state index contributed by atoms with van der Waals surface area (Å²) in [7, 11) is -4.22. The molecule has 0 spiro atoms. The zero-order valence-corrected chi connectivity index (χ0v) is 27.1. The predicted octanol–water partition coefficient (Wildman–Crippen LogP) is 6.66. The number of amides is 2. The Labute approximate surface area is 269 Å². The molecule has 0 bridgehead atoms. The van der Waals surface area contributed by atoms with E-state index in [-0.39, 0.29) is 29.8 Å². The van der Waals surface area contributed by atoms with E-state index in [1.54, 1.807) is 48.5 Å². The molecule has 0 fully saturated rings. The molecule has 0 aromatic heterocycles. The van der Waals surface area contributed by atoms with Gasteiger partial charge in [0.2, 0.25) is 11.8 Å². The van der Waals surface area contributed by atoms with Gasteiger partial charge in [-0.3, -0.25) is 13.9 Å². The van der Waals surface area contributed by atoms with Crippen LogP contribution in [0.3, 0.4) is 0 Å². The molecule has 0 saturated carbocycles. The number of anilines is 1. The van der Waals surface area contributed by atoms with Crippen LogP contribution in [-0.2, 0) is 32.6 Å². The summed E-state index contributed by atoms with van der Waals surface area (Å²) in [5.41, 5.74) is 2.71. The monoisotopic (exact) mass is 651 g/mol. The second kappa shape index (κ2) is 14.8. The zero-order chi connectivity index (χ0) is 31.9. The zero-order valence-electron chi connectivity index (χ0n) is 24.8. The first kappa shape index (κ1) is 33.1. The molecule has 44 heavy (non-hydrogen) atoms. The molecule has 0 aliphatic heterocycles. The molecular weight excluding hydrogens is 617 g/mol. The third-order valence-corrected chi connectivity index (χ3v) is 9.41. The van der Waals surface area contributed by atoms with Crippen LogP contribution in [0, 0.1) is 6.92 Å². The summed E-state index contributed by atoms with van der Waals surface area (Å²) in [4.78, 5) is 29.6. The predicted molar refractivity (Wildman–Crippen MR) is 176 cm³/mol. The van der Waals surface area contributed by atoms with Gasteiger partial charge < -0.3 is 10.2 Å². The Kier molecular flexibility index (Phi) is 11.1. The van der Waals surface area contributed by atoms with Crippen molar-refractivity contribution in [1.82, 2.24) is 10.2 Å². The number of nitrogens with one attached hydrogen (secondary N) is 1. The van der Waals surface area contributed by atoms with Gasteiger partial charge in [0.05, 0.1) is 10.6 Å². The first-order valence-corrected chi connectivity index (χ1v) is 16.4. The molecule has 4 aromatic rings. The third kappa shape index (κ3) is 8.40. The normalized spacial score (nSPS) is 12.0. The average molecular weight is 653 g/mol. The van der Waals surface area contributed by atoms with Crippen LogP contribution in [0.1, 0.15) is 30.5 Å². The lowest BCUT2D eigenvalue weighted by Gasteiger charge is -2.34. The fourth-order valence-electron chi connectivity index (χ4n) is 4.72. The fourth-order valence-corrected chi connectivity index (χ4v) is 6.45. The van der Waals surface area contributed by atoms with Crippen LogP contribution in [0.15, 0.2) is 108 Å². The number of benzene rings is 4. The van der Waals surface area contributed by atoms with Gasteiger partial charge in [-0.25, -0.2) is 8.42 Å². The Morgan fingerprint density at radius 1 is 0.818 bits per heavy atom. The highest BCUT2D eigenvalue weighted by Gasteiger charge is 2.35. The van der Waals surface area contributed by atoms with Gasteiger partial charge in [-0.15, -0.1) is 0 Å². The summed E-state index contributed by atoms with van der Waals surface area (Å²) in [5.74, 6) is -0.922. The van der Waals surface area contributed by atoms with Gasteiger partial charge in [-0.05, 0) is 74.4 Å². The minimum atomic E-state index is -4.22. The SMILES string of the molecule is Cc1ccc(N(CC(=O)N(Cc2ccccc2Cl)C(Cc2ccccc2)C(=O)NC(C)C)S(=O)(=O)c2ccc(Cl)cc2)cc1. The Morgan fingerprint density at radius 2 is 1.43 bits per heavy atom. The maximum absolute atomic E-state index is 14.4. The minimum absolute atomic E-state index is 0.00967. The van der Waals surface area contributed by atoms with E-state index in [1.165, 1.54) is 29.2 Å². The van der Waals surface area contributed by atoms with Crippen molar-refractivity contribution in [3.05, 3.63) is 130 Å². The Hall–Kier alpha value is -3.85. The topological polar surface area (TPSA) is 86.8 Å². The molecule has 1 N–H and O–H groups in total. The van der Waals surface area contributed by atoms with E-state index < -0.39 is 28.5 Å². The van der Waals surface area contributed by atoms with Crippen LogP contribution in [0.2, 0.25) is 10.0 Å². The number of aryl methyl sites for hydroxylation is 1. The van der Waals surface area contributed by atoms with Crippen LogP contribution in [0.4, 0.5) is 5.69 Å². The Morgan fingerprint density at radius 3 is 2.05 bits per heavy atom. The van der Waals surface area contributed by atoms with Crippen molar-refractivity contribution in [2.75, 3.05) is 10.8 Å². The quantitative estimate of drug-likeness (QED) is 0.186. The number of hydrogen-bond donors (Lipinski definition) is 1. The number of sulfonamides is 1. The van der Waals surface area contributed by atoms with E-state index in [1.807, 2.05) is 51.1 Å². The number of rotatable bonds is 12. The molecule has 1 unspecified atom stereocenters. The molecule has 0 radical (unpaired) electrons. The lowest BCUT2D eigenvalue weighted by Crippen LogP contribution is -2.54. The lowest BCUT2D eigenvalue weighted by molar-refractivity contribution is -0.140. The molecule has 230 valence electrons. The molecule has 4 aromatic carbocycles. The number of hydrogen-bond acceptors (Lipinski definition) is 4. The standard InChI is InChI=1S/C34H35Cl2N3O4S/c1-24(2)37-34(41)32(21-26-9-5-4-6-10-26)38(22-27-11-7-8-12-31(27)36)33(40)23-39(29-17-13-25(3)14-18-29)44(42,43)30-19-15-28(35)16-20-30/h4-20,24,32H,21-23H2,1-3H3,(H,37,41). The summed E-state index contributed by atoms with van der Waals surface area (Å²) in [5, 5.41) is 3.75. The van der Waals surface area contributed by atoms with Gasteiger partial charge in [-0.2, -0.15) is 0 Å². The van der Waals surface area contributed by atoms with Gasteiger partial charge >= 0.3 is 0 Å². The van der Waals surface area contributed by atoms with E-state index in [9.17, 15) is 18.0 Å². The summed E-state index contributed by atoms with van der Waals surface area (Å²) < 4.78 is 29.2. The van der Waals surface area contributed by atoms with Crippen molar-refractivity contribution >= 4 is 50.7 Å². The average Bonchev–Trinajstić information content (AvgIpc) is 2.99. The highest BCUT2D eigenvalue weighted by molar-refractivity contribution is 7.92. The van der Waals surface area contributed by atoms with E-state index in [4.69, 9.17) is 23.2 Å². The largest absolute Gasteiger partial charge is 0.352 e. The molecule has 0 aliphatic carbocycles. The second-order valence-electron chi connectivity index (χ2n) is 10.8. The smallest absolute Gasteiger partial charge is 0.264 e. The van der Waals surface area contributed by atoms with Crippen molar-refractivity contribution in [1.29, 1.82) is 0 Å². The molecule has 7 nitrogen and oxygen atoms in total. The molecule has 4 rings (SSSR count). The Bertz CT molecular complexity index is 1680. The number of carbonyl (C=O) groups excluding carboxylic acids is 2. The second-order valence-corrected chi connectivity index (χ2v) is 13.5. The maximum atomic E-state index is 14.4. The minimum Gasteiger partial charge on any atom is -0.352 e. The van der Waals surface area contributed by atoms with Gasteiger partial charge in [-0.1, -0.05) is 89.4 Å². The van der Waals surface area contributed by atoms with E-state index in [2.05, 4.69) is 5.32 Å². The van der Waals surface area contributed by atoms with Crippen LogP contribution in [-0.4, -0.2) is 43.8 Å². The van der Waals surface area contributed by atoms with Crippen LogP contribution in [0.25, 0.3) is 0 Å². The van der Waals surface area contributed by atoms with E-state index >= 15 is 0 Å². The highest BCUT2D eigenvalue weighted by atomic mass is 35.5. The molecule has 10 heteroatoms. The summed E-state index contributed by atoms with van der Waals surface area (Å²) in [6, 6.07) is 27.9. The molecule has 0 saturated heterocycles. The number of carbonyl (C=O) groups is 2. The van der Waals surface area contributed by atoms with Crippen molar-refractivity contribution in [3.63, 3.8) is 0 Å². The molecule has 2 amide bonds. The number of halogens is 2. The van der Waals surface area contributed by atoms with Gasteiger partial charge in [0.1, 0.15) is 12.6 Å². The first-order valence-electron chi connectivity index (χ1n) is 14.2. The van der Waals surface area contributed by atoms with Crippen molar-refractivity contribution in [2.45, 2.75) is 50.7 Å².